The van der Waals surface area contributed by atoms with Crippen LogP contribution in [0.1, 0.15) is 0 Å². The lowest BCUT2D eigenvalue weighted by Gasteiger charge is -2.09. The van der Waals surface area contributed by atoms with Crippen molar-refractivity contribution in [2.45, 2.75) is 0 Å². The standard InChI is InChI=1S/C28H19NO/c1-2-7-19(8-3-1)21-10-6-11-22(17-21)29-23-14-15-25-27(18-23)30-26-16-13-20-9-4-5-12-24(20)28(25)26/h1-18,29H. The van der Waals surface area contributed by atoms with Crippen LogP contribution < -0.4 is 5.32 Å². The molecule has 2 heteroatoms. The van der Waals surface area contributed by atoms with Crippen molar-refractivity contribution in [1.82, 2.24) is 0 Å². The van der Waals surface area contributed by atoms with E-state index in [0.717, 1.165) is 27.9 Å². The molecule has 0 aliphatic rings. The molecule has 0 unspecified atom stereocenters. The minimum atomic E-state index is 0.894. The molecular formula is C28H19NO. The van der Waals surface area contributed by atoms with Crippen molar-refractivity contribution in [3.8, 4) is 11.1 Å². The van der Waals surface area contributed by atoms with Gasteiger partial charge in [-0.2, -0.15) is 0 Å². The molecule has 0 spiro atoms. The van der Waals surface area contributed by atoms with Gasteiger partial charge in [0.05, 0.1) is 0 Å². The van der Waals surface area contributed by atoms with Gasteiger partial charge < -0.3 is 9.73 Å². The Morgan fingerprint density at radius 3 is 2.23 bits per heavy atom. The normalized spacial score (nSPS) is 11.3. The van der Waals surface area contributed by atoms with Gasteiger partial charge in [0.15, 0.2) is 0 Å². The number of benzene rings is 5. The highest BCUT2D eigenvalue weighted by molar-refractivity contribution is 6.19. The second-order valence-electron chi connectivity index (χ2n) is 7.54. The molecule has 0 saturated carbocycles. The summed E-state index contributed by atoms with van der Waals surface area (Å²) in [7, 11) is 0. The molecule has 1 aromatic heterocycles. The van der Waals surface area contributed by atoms with Gasteiger partial charge in [0.2, 0.25) is 0 Å². The molecule has 6 aromatic rings. The van der Waals surface area contributed by atoms with Crippen molar-refractivity contribution in [2.75, 3.05) is 5.32 Å². The first-order valence-corrected chi connectivity index (χ1v) is 10.1. The quantitative estimate of drug-likeness (QED) is 0.332. The van der Waals surface area contributed by atoms with E-state index in [9.17, 15) is 0 Å². The summed E-state index contributed by atoms with van der Waals surface area (Å²) >= 11 is 0. The van der Waals surface area contributed by atoms with Crippen LogP contribution in [0, 0.1) is 0 Å². The summed E-state index contributed by atoms with van der Waals surface area (Å²) in [5.41, 5.74) is 6.28. The molecule has 1 heterocycles. The van der Waals surface area contributed by atoms with Gasteiger partial charge in [0.1, 0.15) is 11.2 Å². The molecule has 0 aliphatic carbocycles. The van der Waals surface area contributed by atoms with Crippen LogP contribution >= 0.6 is 0 Å². The summed E-state index contributed by atoms with van der Waals surface area (Å²) in [6.45, 7) is 0. The molecule has 0 bridgehead atoms. The van der Waals surface area contributed by atoms with E-state index in [1.165, 1.54) is 27.3 Å². The minimum Gasteiger partial charge on any atom is -0.456 e. The molecule has 6 rings (SSSR count). The Morgan fingerprint density at radius 1 is 0.500 bits per heavy atom. The Kier molecular flexibility index (Phi) is 3.82. The Morgan fingerprint density at radius 2 is 1.30 bits per heavy atom. The van der Waals surface area contributed by atoms with Gasteiger partial charge in [-0.05, 0) is 52.2 Å². The van der Waals surface area contributed by atoms with Crippen LogP contribution in [0.25, 0.3) is 43.8 Å². The average molecular weight is 385 g/mol. The number of anilines is 2. The Bertz CT molecular complexity index is 1510. The first-order valence-electron chi connectivity index (χ1n) is 10.1. The third-order valence-corrected chi connectivity index (χ3v) is 5.62. The highest BCUT2D eigenvalue weighted by Gasteiger charge is 2.11. The predicted molar refractivity (Wildman–Crippen MR) is 126 cm³/mol. The molecule has 0 saturated heterocycles. The second kappa shape index (κ2) is 6.78. The van der Waals surface area contributed by atoms with E-state index in [1.54, 1.807) is 0 Å². The molecule has 0 amide bonds. The fourth-order valence-electron chi connectivity index (χ4n) is 4.20. The van der Waals surface area contributed by atoms with Crippen molar-refractivity contribution in [3.63, 3.8) is 0 Å². The first kappa shape index (κ1) is 16.9. The zero-order chi connectivity index (χ0) is 19.9. The summed E-state index contributed by atoms with van der Waals surface area (Å²) in [6.07, 6.45) is 0. The van der Waals surface area contributed by atoms with Crippen molar-refractivity contribution in [3.05, 3.63) is 109 Å². The molecule has 0 aliphatic heterocycles. The SMILES string of the molecule is c1ccc(-c2cccc(Nc3ccc4c(c3)oc3ccc5ccccc5c34)c2)cc1. The van der Waals surface area contributed by atoms with Crippen LogP contribution in [-0.2, 0) is 0 Å². The zero-order valence-electron chi connectivity index (χ0n) is 16.3. The molecule has 0 atom stereocenters. The fourth-order valence-corrected chi connectivity index (χ4v) is 4.20. The Balaban J connectivity index is 1.41. The zero-order valence-corrected chi connectivity index (χ0v) is 16.3. The summed E-state index contributed by atoms with van der Waals surface area (Å²) in [6, 6.07) is 37.9. The second-order valence-corrected chi connectivity index (χ2v) is 7.54. The highest BCUT2D eigenvalue weighted by Crippen LogP contribution is 2.36. The average Bonchev–Trinajstić information content (AvgIpc) is 3.18. The maximum absolute atomic E-state index is 6.19. The number of fused-ring (bicyclic) bond motifs is 5. The van der Waals surface area contributed by atoms with E-state index in [0.29, 0.717) is 0 Å². The van der Waals surface area contributed by atoms with E-state index >= 15 is 0 Å². The van der Waals surface area contributed by atoms with Gasteiger partial charge in [-0.15, -0.1) is 0 Å². The topological polar surface area (TPSA) is 25.2 Å². The van der Waals surface area contributed by atoms with Gasteiger partial charge >= 0.3 is 0 Å². The third-order valence-electron chi connectivity index (χ3n) is 5.62. The third kappa shape index (κ3) is 2.82. The lowest BCUT2D eigenvalue weighted by molar-refractivity contribution is 0.669. The number of furan rings is 1. The molecule has 2 nitrogen and oxygen atoms in total. The molecule has 0 radical (unpaired) electrons. The molecule has 30 heavy (non-hydrogen) atoms. The van der Waals surface area contributed by atoms with Crippen LogP contribution in [-0.4, -0.2) is 0 Å². The van der Waals surface area contributed by atoms with E-state index in [1.807, 2.05) is 6.07 Å². The van der Waals surface area contributed by atoms with Crippen LogP contribution in [0.4, 0.5) is 11.4 Å². The maximum Gasteiger partial charge on any atom is 0.137 e. The highest BCUT2D eigenvalue weighted by atomic mass is 16.3. The number of hydrogen-bond acceptors (Lipinski definition) is 2. The number of hydrogen-bond donors (Lipinski definition) is 1. The van der Waals surface area contributed by atoms with E-state index in [-0.39, 0.29) is 0 Å². The maximum atomic E-state index is 6.19. The summed E-state index contributed by atoms with van der Waals surface area (Å²) < 4.78 is 6.19. The summed E-state index contributed by atoms with van der Waals surface area (Å²) in [5, 5.41) is 8.31. The van der Waals surface area contributed by atoms with Gasteiger partial charge in [0, 0.05) is 28.2 Å². The molecule has 1 N–H and O–H groups in total. The van der Waals surface area contributed by atoms with Crippen molar-refractivity contribution in [2.24, 2.45) is 0 Å². The van der Waals surface area contributed by atoms with Crippen LogP contribution in [0.15, 0.2) is 114 Å². The number of nitrogens with one attached hydrogen (secondary N) is 1. The number of rotatable bonds is 3. The van der Waals surface area contributed by atoms with Crippen LogP contribution in [0.2, 0.25) is 0 Å². The smallest absolute Gasteiger partial charge is 0.137 e. The van der Waals surface area contributed by atoms with Crippen LogP contribution in [0.5, 0.6) is 0 Å². The summed E-state index contributed by atoms with van der Waals surface area (Å²) in [5.74, 6) is 0. The van der Waals surface area contributed by atoms with Crippen molar-refractivity contribution in [1.29, 1.82) is 0 Å². The van der Waals surface area contributed by atoms with Crippen molar-refractivity contribution >= 4 is 44.1 Å². The fraction of sp³-hybridized carbons (Fsp3) is 0. The monoisotopic (exact) mass is 385 g/mol. The van der Waals surface area contributed by atoms with Gasteiger partial charge in [-0.25, -0.2) is 0 Å². The van der Waals surface area contributed by atoms with Crippen LogP contribution in [0.3, 0.4) is 0 Å². The summed E-state index contributed by atoms with van der Waals surface area (Å²) in [4.78, 5) is 0. The van der Waals surface area contributed by atoms with E-state index < -0.39 is 0 Å². The minimum absolute atomic E-state index is 0.894. The molecular weight excluding hydrogens is 366 g/mol. The Labute approximate surface area is 174 Å². The largest absolute Gasteiger partial charge is 0.456 e. The van der Waals surface area contributed by atoms with Gasteiger partial charge in [-0.1, -0.05) is 72.8 Å². The Hall–Kier alpha value is -4.04. The van der Waals surface area contributed by atoms with Gasteiger partial charge in [-0.3, -0.25) is 0 Å². The van der Waals surface area contributed by atoms with Gasteiger partial charge in [0.25, 0.3) is 0 Å². The lowest BCUT2D eigenvalue weighted by atomic mass is 10.0. The molecule has 5 aromatic carbocycles. The molecule has 0 fully saturated rings. The lowest BCUT2D eigenvalue weighted by Crippen LogP contribution is -1.90. The van der Waals surface area contributed by atoms with E-state index in [4.69, 9.17) is 4.42 Å². The van der Waals surface area contributed by atoms with Crippen molar-refractivity contribution < 1.29 is 4.42 Å². The predicted octanol–water partition coefficient (Wildman–Crippen LogP) is 8.15. The first-order chi connectivity index (χ1) is 14.8. The van der Waals surface area contributed by atoms with E-state index in [2.05, 4.69) is 108 Å². The molecule has 142 valence electrons.